The van der Waals surface area contributed by atoms with Gasteiger partial charge in [-0.2, -0.15) is 0 Å². The molecule has 0 aromatic rings. The van der Waals surface area contributed by atoms with Gasteiger partial charge in [-0.15, -0.1) is 0 Å². The maximum Gasteiger partial charge on any atom is 0.237 e. The third-order valence-corrected chi connectivity index (χ3v) is 1.76. The summed E-state index contributed by atoms with van der Waals surface area (Å²) in [6.07, 6.45) is 0. The van der Waals surface area contributed by atoms with Gasteiger partial charge in [0.1, 0.15) is 0 Å². The maximum atomic E-state index is 11.2. The minimum atomic E-state index is -0.433. The van der Waals surface area contributed by atoms with E-state index in [1.165, 1.54) is 0 Å². The van der Waals surface area contributed by atoms with Crippen LogP contribution in [0, 0.1) is 5.92 Å². The molecular weight excluding hydrogens is 220 g/mol. The van der Waals surface area contributed by atoms with Crippen LogP contribution >= 0.6 is 15.9 Å². The summed E-state index contributed by atoms with van der Waals surface area (Å²) < 4.78 is 0.742. The normalized spacial score (nSPS) is 12.8. The molecule has 0 fully saturated rings. The van der Waals surface area contributed by atoms with Crippen molar-refractivity contribution in [2.75, 3.05) is 6.54 Å². The van der Waals surface area contributed by atoms with Crippen LogP contribution in [0.4, 0.5) is 0 Å². The Balaban J connectivity index is 3.80. The van der Waals surface area contributed by atoms with Crippen LogP contribution in [-0.2, 0) is 4.79 Å². The molecule has 0 aliphatic carbocycles. The van der Waals surface area contributed by atoms with Crippen molar-refractivity contribution in [1.82, 2.24) is 5.32 Å². The highest BCUT2D eigenvalue weighted by atomic mass is 79.9. The number of amides is 1. The van der Waals surface area contributed by atoms with E-state index in [-0.39, 0.29) is 11.8 Å². The van der Waals surface area contributed by atoms with E-state index in [1.807, 2.05) is 13.8 Å². The van der Waals surface area contributed by atoms with Gasteiger partial charge in [0.2, 0.25) is 5.91 Å². The summed E-state index contributed by atoms with van der Waals surface area (Å²) in [5.74, 6) is 0.0270. The first kappa shape index (κ1) is 11.6. The zero-order chi connectivity index (χ0) is 9.72. The zero-order valence-electron chi connectivity index (χ0n) is 7.43. The molecule has 0 rings (SSSR count). The van der Waals surface area contributed by atoms with E-state index in [9.17, 15) is 4.79 Å². The van der Waals surface area contributed by atoms with Crippen molar-refractivity contribution in [2.24, 2.45) is 11.7 Å². The fourth-order valence-electron chi connectivity index (χ4n) is 0.604. The Labute approximate surface area is 81.5 Å². The fourth-order valence-corrected chi connectivity index (χ4v) is 0.744. The first-order valence-electron chi connectivity index (χ1n) is 3.81. The quantitative estimate of drug-likeness (QED) is 0.763. The average Bonchev–Trinajstić information content (AvgIpc) is 1.98. The molecule has 0 saturated carbocycles. The van der Waals surface area contributed by atoms with Gasteiger partial charge >= 0.3 is 0 Å². The number of nitrogens with one attached hydrogen (secondary N) is 1. The van der Waals surface area contributed by atoms with Crippen molar-refractivity contribution in [1.29, 1.82) is 0 Å². The molecule has 0 bridgehead atoms. The second-order valence-electron chi connectivity index (χ2n) is 3.00. The molecule has 0 radical (unpaired) electrons. The lowest BCUT2D eigenvalue weighted by molar-refractivity contribution is -0.123. The van der Waals surface area contributed by atoms with Gasteiger partial charge in [0.05, 0.1) is 6.04 Å². The molecule has 3 nitrogen and oxygen atoms in total. The molecule has 0 aromatic heterocycles. The first-order chi connectivity index (χ1) is 5.45. The molecule has 3 N–H and O–H groups in total. The molecule has 1 atom stereocenters. The van der Waals surface area contributed by atoms with Crippen LogP contribution < -0.4 is 11.1 Å². The molecule has 0 aliphatic rings. The van der Waals surface area contributed by atoms with Crippen molar-refractivity contribution in [3.05, 3.63) is 11.1 Å². The Kier molecular flexibility index (Phi) is 5.17. The van der Waals surface area contributed by atoms with Gasteiger partial charge < -0.3 is 11.1 Å². The molecular formula is C8H15BrN2O. The summed E-state index contributed by atoms with van der Waals surface area (Å²) in [4.78, 5) is 11.2. The van der Waals surface area contributed by atoms with Crippen LogP contribution in [0.2, 0.25) is 0 Å². The summed E-state index contributed by atoms with van der Waals surface area (Å²) in [7, 11) is 0. The number of carbonyl (C=O) groups excluding carboxylic acids is 1. The number of nitrogens with two attached hydrogens (primary N) is 1. The van der Waals surface area contributed by atoms with Crippen LogP contribution in [0.5, 0.6) is 0 Å². The highest BCUT2D eigenvalue weighted by molar-refractivity contribution is 9.11. The van der Waals surface area contributed by atoms with E-state index < -0.39 is 6.04 Å². The Morgan fingerprint density at radius 3 is 2.50 bits per heavy atom. The molecule has 1 amide bonds. The van der Waals surface area contributed by atoms with Crippen molar-refractivity contribution in [2.45, 2.75) is 19.9 Å². The highest BCUT2D eigenvalue weighted by Gasteiger charge is 2.16. The Morgan fingerprint density at radius 1 is 1.67 bits per heavy atom. The van der Waals surface area contributed by atoms with Crippen molar-refractivity contribution in [3.63, 3.8) is 0 Å². The molecule has 0 unspecified atom stereocenters. The lowest BCUT2D eigenvalue weighted by Crippen LogP contribution is -2.44. The van der Waals surface area contributed by atoms with Crippen molar-refractivity contribution >= 4 is 21.8 Å². The molecule has 0 aliphatic heterocycles. The predicted octanol–water partition coefficient (Wildman–Crippen LogP) is 0.994. The summed E-state index contributed by atoms with van der Waals surface area (Å²) >= 11 is 3.14. The minimum Gasteiger partial charge on any atom is -0.350 e. The van der Waals surface area contributed by atoms with E-state index in [2.05, 4.69) is 27.8 Å². The van der Waals surface area contributed by atoms with E-state index in [4.69, 9.17) is 5.73 Å². The molecule has 70 valence electrons. The van der Waals surface area contributed by atoms with Gasteiger partial charge in [-0.05, 0) is 5.92 Å². The first-order valence-corrected chi connectivity index (χ1v) is 4.61. The number of halogens is 1. The molecule has 0 aromatic carbocycles. The van der Waals surface area contributed by atoms with Gasteiger partial charge in [-0.3, -0.25) is 4.79 Å². The maximum absolute atomic E-state index is 11.2. The average molecular weight is 235 g/mol. The van der Waals surface area contributed by atoms with E-state index in [1.54, 1.807) is 0 Å². The highest BCUT2D eigenvalue weighted by Crippen LogP contribution is 2.00. The summed E-state index contributed by atoms with van der Waals surface area (Å²) in [5, 5.41) is 2.65. The van der Waals surface area contributed by atoms with Gasteiger partial charge in [-0.25, -0.2) is 0 Å². The number of carbonyl (C=O) groups is 1. The number of hydrogen-bond donors (Lipinski definition) is 2. The van der Waals surface area contributed by atoms with Gasteiger partial charge in [-0.1, -0.05) is 36.4 Å². The topological polar surface area (TPSA) is 55.1 Å². The third kappa shape index (κ3) is 4.51. The predicted molar refractivity (Wildman–Crippen MR) is 53.9 cm³/mol. The molecule has 12 heavy (non-hydrogen) atoms. The second kappa shape index (κ2) is 5.32. The number of hydrogen-bond acceptors (Lipinski definition) is 2. The summed E-state index contributed by atoms with van der Waals surface area (Å²) in [6, 6.07) is -0.433. The summed E-state index contributed by atoms with van der Waals surface area (Å²) in [5.41, 5.74) is 5.59. The zero-order valence-corrected chi connectivity index (χ0v) is 9.02. The largest absolute Gasteiger partial charge is 0.350 e. The van der Waals surface area contributed by atoms with Crippen LogP contribution in [0.1, 0.15) is 13.8 Å². The second-order valence-corrected chi connectivity index (χ2v) is 4.13. The monoisotopic (exact) mass is 234 g/mol. The van der Waals surface area contributed by atoms with E-state index >= 15 is 0 Å². The SMILES string of the molecule is C=C(Br)CNC(=O)[C@@H](N)C(C)C. The summed E-state index contributed by atoms with van der Waals surface area (Å²) in [6.45, 7) is 7.84. The lowest BCUT2D eigenvalue weighted by Gasteiger charge is -2.14. The Morgan fingerprint density at radius 2 is 2.17 bits per heavy atom. The van der Waals surface area contributed by atoms with E-state index in [0.29, 0.717) is 6.54 Å². The Bertz CT molecular complexity index is 180. The third-order valence-electron chi connectivity index (χ3n) is 1.48. The van der Waals surface area contributed by atoms with Gasteiger partial charge in [0.25, 0.3) is 0 Å². The van der Waals surface area contributed by atoms with Gasteiger partial charge in [0.15, 0.2) is 0 Å². The van der Waals surface area contributed by atoms with Crippen molar-refractivity contribution < 1.29 is 4.79 Å². The molecule has 0 spiro atoms. The molecule has 4 heteroatoms. The smallest absolute Gasteiger partial charge is 0.237 e. The minimum absolute atomic E-state index is 0.134. The van der Waals surface area contributed by atoms with E-state index in [0.717, 1.165) is 4.48 Å². The molecule has 0 heterocycles. The lowest BCUT2D eigenvalue weighted by atomic mass is 10.1. The number of rotatable bonds is 4. The van der Waals surface area contributed by atoms with Crippen LogP contribution in [0.15, 0.2) is 11.1 Å². The van der Waals surface area contributed by atoms with Crippen LogP contribution in [-0.4, -0.2) is 18.5 Å². The molecule has 0 saturated heterocycles. The van der Waals surface area contributed by atoms with Crippen LogP contribution in [0.25, 0.3) is 0 Å². The van der Waals surface area contributed by atoms with Crippen LogP contribution in [0.3, 0.4) is 0 Å². The Hall–Kier alpha value is -0.350. The standard InChI is InChI=1S/C8H15BrN2O/c1-5(2)7(10)8(12)11-4-6(3)9/h5,7H,3-4,10H2,1-2H3,(H,11,12)/t7-/m0/s1. The fraction of sp³-hybridized carbons (Fsp3) is 0.625. The van der Waals surface area contributed by atoms with Gasteiger partial charge in [0, 0.05) is 11.0 Å². The van der Waals surface area contributed by atoms with Crippen molar-refractivity contribution in [3.8, 4) is 0 Å².